The van der Waals surface area contributed by atoms with Crippen molar-refractivity contribution in [2.75, 3.05) is 6.54 Å². The van der Waals surface area contributed by atoms with E-state index in [4.69, 9.17) is 4.74 Å². The molecule has 2 aromatic rings. The molecule has 0 radical (unpaired) electrons. The summed E-state index contributed by atoms with van der Waals surface area (Å²) in [4.78, 5) is 13.7. The van der Waals surface area contributed by atoms with Gasteiger partial charge in [-0.1, -0.05) is 23.4 Å². The number of aromatic nitrogens is 3. The Morgan fingerprint density at radius 3 is 2.81 bits per heavy atom. The minimum atomic E-state index is -0.541. The van der Waals surface area contributed by atoms with E-state index < -0.39 is 11.7 Å². The standard InChI is InChI=1S/C15H20N4O2/c1-5-10-18(14(20)21-15(2,3)4)11-19-13-9-7-6-8-12(13)16-17-19/h5-9H,1,10-11H2,2-4H3. The Bertz CT molecular complexity index is 642. The summed E-state index contributed by atoms with van der Waals surface area (Å²) in [6.07, 6.45) is 1.25. The van der Waals surface area contributed by atoms with E-state index in [-0.39, 0.29) is 6.67 Å². The van der Waals surface area contributed by atoms with Gasteiger partial charge in [0.2, 0.25) is 0 Å². The number of hydrogen-bond donors (Lipinski definition) is 0. The third-order valence-corrected chi connectivity index (χ3v) is 2.73. The minimum Gasteiger partial charge on any atom is -0.444 e. The second-order valence-electron chi connectivity index (χ2n) is 5.71. The average Bonchev–Trinajstić information content (AvgIpc) is 2.80. The smallest absolute Gasteiger partial charge is 0.412 e. The van der Waals surface area contributed by atoms with Crippen molar-refractivity contribution in [1.82, 2.24) is 19.9 Å². The van der Waals surface area contributed by atoms with Crippen molar-refractivity contribution in [3.63, 3.8) is 0 Å². The van der Waals surface area contributed by atoms with Gasteiger partial charge in [0.05, 0.1) is 5.52 Å². The minimum absolute atomic E-state index is 0.265. The lowest BCUT2D eigenvalue weighted by Gasteiger charge is -2.26. The summed E-state index contributed by atoms with van der Waals surface area (Å²) in [5.74, 6) is 0. The van der Waals surface area contributed by atoms with Gasteiger partial charge in [0.15, 0.2) is 0 Å². The third kappa shape index (κ3) is 3.81. The Labute approximate surface area is 124 Å². The average molecular weight is 288 g/mol. The first kappa shape index (κ1) is 15.0. The van der Waals surface area contributed by atoms with Gasteiger partial charge < -0.3 is 4.74 Å². The molecule has 0 saturated heterocycles. The number of para-hydroxylation sites is 1. The highest BCUT2D eigenvalue weighted by molar-refractivity contribution is 5.74. The van der Waals surface area contributed by atoms with Gasteiger partial charge in [-0.25, -0.2) is 9.48 Å². The Balaban J connectivity index is 2.19. The monoisotopic (exact) mass is 288 g/mol. The van der Waals surface area contributed by atoms with Crippen LogP contribution in [0.1, 0.15) is 20.8 Å². The SMILES string of the molecule is C=CCN(Cn1nnc2ccccc21)C(=O)OC(C)(C)C. The molecular formula is C15H20N4O2. The molecule has 1 aromatic heterocycles. The first-order chi connectivity index (χ1) is 9.90. The van der Waals surface area contributed by atoms with E-state index >= 15 is 0 Å². The van der Waals surface area contributed by atoms with Gasteiger partial charge in [0.1, 0.15) is 17.8 Å². The van der Waals surface area contributed by atoms with Crippen LogP contribution in [0.25, 0.3) is 11.0 Å². The fourth-order valence-corrected chi connectivity index (χ4v) is 1.86. The maximum Gasteiger partial charge on any atom is 0.412 e. The van der Waals surface area contributed by atoms with Crippen LogP contribution < -0.4 is 0 Å². The summed E-state index contributed by atoms with van der Waals surface area (Å²) in [7, 11) is 0. The predicted octanol–water partition coefficient (Wildman–Crippen LogP) is 2.81. The van der Waals surface area contributed by atoms with Crippen LogP contribution in [0.2, 0.25) is 0 Å². The number of fused-ring (bicyclic) bond motifs is 1. The highest BCUT2D eigenvalue weighted by Crippen LogP contribution is 2.13. The van der Waals surface area contributed by atoms with Crippen molar-refractivity contribution in [1.29, 1.82) is 0 Å². The second kappa shape index (κ2) is 5.95. The van der Waals surface area contributed by atoms with Crippen LogP contribution in [0, 0.1) is 0 Å². The zero-order chi connectivity index (χ0) is 15.5. The molecule has 0 bridgehead atoms. The van der Waals surface area contributed by atoms with Crippen LogP contribution >= 0.6 is 0 Å². The molecule has 6 nitrogen and oxygen atoms in total. The van der Waals surface area contributed by atoms with Crippen LogP contribution in [0.5, 0.6) is 0 Å². The van der Waals surface area contributed by atoms with E-state index in [9.17, 15) is 4.79 Å². The van der Waals surface area contributed by atoms with Crippen molar-refractivity contribution < 1.29 is 9.53 Å². The van der Waals surface area contributed by atoms with Gasteiger partial charge in [-0.05, 0) is 32.9 Å². The summed E-state index contributed by atoms with van der Waals surface area (Å²) < 4.78 is 7.06. The number of hydrogen-bond acceptors (Lipinski definition) is 4. The number of carbonyl (C=O) groups excluding carboxylic acids is 1. The molecular weight excluding hydrogens is 268 g/mol. The topological polar surface area (TPSA) is 60.2 Å². The molecule has 0 atom stereocenters. The highest BCUT2D eigenvalue weighted by atomic mass is 16.6. The molecule has 0 saturated carbocycles. The fourth-order valence-electron chi connectivity index (χ4n) is 1.86. The first-order valence-corrected chi connectivity index (χ1v) is 6.78. The molecule has 0 aliphatic heterocycles. The first-order valence-electron chi connectivity index (χ1n) is 6.78. The highest BCUT2D eigenvalue weighted by Gasteiger charge is 2.22. The number of carbonyl (C=O) groups is 1. The zero-order valence-corrected chi connectivity index (χ0v) is 12.6. The summed E-state index contributed by atoms with van der Waals surface area (Å²) in [5, 5.41) is 8.15. The Kier molecular flexibility index (Phi) is 4.26. The summed E-state index contributed by atoms with van der Waals surface area (Å²) in [6.45, 7) is 9.83. The molecule has 0 unspecified atom stereocenters. The van der Waals surface area contributed by atoms with Crippen LogP contribution in [0.15, 0.2) is 36.9 Å². The lowest BCUT2D eigenvalue weighted by molar-refractivity contribution is 0.0207. The van der Waals surface area contributed by atoms with Crippen LogP contribution in [-0.4, -0.2) is 38.1 Å². The molecule has 1 aromatic carbocycles. The molecule has 6 heteroatoms. The summed E-state index contributed by atoms with van der Waals surface area (Å²) in [6, 6.07) is 7.60. The predicted molar refractivity (Wildman–Crippen MR) is 80.7 cm³/mol. The number of nitrogens with zero attached hydrogens (tertiary/aromatic N) is 4. The molecule has 21 heavy (non-hydrogen) atoms. The van der Waals surface area contributed by atoms with Crippen LogP contribution in [-0.2, 0) is 11.4 Å². The van der Waals surface area contributed by atoms with E-state index in [1.54, 1.807) is 10.8 Å². The van der Waals surface area contributed by atoms with Gasteiger partial charge in [0.25, 0.3) is 0 Å². The molecule has 0 aliphatic carbocycles. The largest absolute Gasteiger partial charge is 0.444 e. The fraction of sp³-hybridized carbons (Fsp3) is 0.400. The van der Waals surface area contributed by atoms with Gasteiger partial charge in [-0.15, -0.1) is 11.7 Å². The van der Waals surface area contributed by atoms with Crippen molar-refractivity contribution >= 4 is 17.1 Å². The molecule has 0 N–H and O–H groups in total. The second-order valence-corrected chi connectivity index (χ2v) is 5.71. The normalized spacial score (nSPS) is 11.4. The van der Waals surface area contributed by atoms with Gasteiger partial charge in [0, 0.05) is 6.54 Å². The van der Waals surface area contributed by atoms with Gasteiger partial charge in [-0.3, -0.25) is 4.90 Å². The van der Waals surface area contributed by atoms with Crippen LogP contribution in [0.4, 0.5) is 4.79 Å². The van der Waals surface area contributed by atoms with E-state index in [2.05, 4.69) is 16.9 Å². The summed E-state index contributed by atoms with van der Waals surface area (Å²) in [5.41, 5.74) is 1.12. The maximum absolute atomic E-state index is 12.2. The molecule has 0 spiro atoms. The Morgan fingerprint density at radius 1 is 1.43 bits per heavy atom. The van der Waals surface area contributed by atoms with E-state index in [0.29, 0.717) is 6.54 Å². The third-order valence-electron chi connectivity index (χ3n) is 2.73. The van der Waals surface area contributed by atoms with E-state index in [0.717, 1.165) is 11.0 Å². The molecule has 0 aliphatic rings. The lowest BCUT2D eigenvalue weighted by atomic mass is 10.2. The Morgan fingerprint density at radius 2 is 2.14 bits per heavy atom. The number of amides is 1. The number of ether oxygens (including phenoxy) is 1. The summed E-state index contributed by atoms with van der Waals surface area (Å²) >= 11 is 0. The molecule has 2 rings (SSSR count). The molecule has 112 valence electrons. The molecule has 1 amide bonds. The van der Waals surface area contributed by atoms with Crippen molar-refractivity contribution in [3.05, 3.63) is 36.9 Å². The van der Waals surface area contributed by atoms with E-state index in [1.807, 2.05) is 45.0 Å². The van der Waals surface area contributed by atoms with Gasteiger partial charge >= 0.3 is 6.09 Å². The van der Waals surface area contributed by atoms with Crippen molar-refractivity contribution in [2.24, 2.45) is 0 Å². The van der Waals surface area contributed by atoms with Crippen LogP contribution in [0.3, 0.4) is 0 Å². The zero-order valence-electron chi connectivity index (χ0n) is 12.6. The number of rotatable bonds is 4. The quantitative estimate of drug-likeness (QED) is 0.812. The van der Waals surface area contributed by atoms with Crippen molar-refractivity contribution in [3.8, 4) is 0 Å². The van der Waals surface area contributed by atoms with Gasteiger partial charge in [-0.2, -0.15) is 0 Å². The molecule has 1 heterocycles. The van der Waals surface area contributed by atoms with Crippen molar-refractivity contribution in [2.45, 2.75) is 33.0 Å². The number of benzene rings is 1. The van der Waals surface area contributed by atoms with E-state index in [1.165, 1.54) is 4.90 Å². The lowest BCUT2D eigenvalue weighted by Crippen LogP contribution is -2.38. The maximum atomic E-state index is 12.2. The molecule has 0 fully saturated rings. The Hall–Kier alpha value is -2.37.